The van der Waals surface area contributed by atoms with Crippen LogP contribution in [0.5, 0.6) is 0 Å². The zero-order valence-corrected chi connectivity index (χ0v) is 17.9. The van der Waals surface area contributed by atoms with Gasteiger partial charge in [0.25, 0.3) is 0 Å². The lowest BCUT2D eigenvalue weighted by Crippen LogP contribution is -2.40. The minimum absolute atomic E-state index is 0.652. The van der Waals surface area contributed by atoms with Crippen molar-refractivity contribution in [2.75, 3.05) is 26.2 Å². The van der Waals surface area contributed by atoms with E-state index in [4.69, 9.17) is 16.6 Å². The van der Waals surface area contributed by atoms with Crippen molar-refractivity contribution in [3.05, 3.63) is 52.9 Å². The van der Waals surface area contributed by atoms with Gasteiger partial charge in [-0.25, -0.2) is 0 Å². The molecular formula is C22H29ClN6. The van der Waals surface area contributed by atoms with Gasteiger partial charge in [0, 0.05) is 61.5 Å². The van der Waals surface area contributed by atoms with Crippen LogP contribution in [0.15, 0.2) is 41.8 Å². The van der Waals surface area contributed by atoms with Gasteiger partial charge in [-0.3, -0.25) is 9.67 Å². The van der Waals surface area contributed by atoms with Crippen LogP contribution in [0, 0.1) is 5.92 Å². The van der Waals surface area contributed by atoms with Crippen LogP contribution in [0.2, 0.25) is 5.02 Å². The quantitative estimate of drug-likeness (QED) is 0.480. The first kappa shape index (κ1) is 19.8. The van der Waals surface area contributed by atoms with Crippen molar-refractivity contribution in [3.63, 3.8) is 0 Å². The van der Waals surface area contributed by atoms with Gasteiger partial charge in [-0.1, -0.05) is 11.6 Å². The zero-order chi connectivity index (χ0) is 20.2. The Morgan fingerprint density at radius 2 is 2.31 bits per heavy atom. The molecule has 1 saturated heterocycles. The van der Waals surface area contributed by atoms with E-state index < -0.39 is 0 Å². The number of hydrogen-bond donors (Lipinski definition) is 2. The van der Waals surface area contributed by atoms with Gasteiger partial charge in [-0.2, -0.15) is 5.10 Å². The Kier molecular flexibility index (Phi) is 6.09. The number of benzene rings is 1. The van der Waals surface area contributed by atoms with Crippen LogP contribution in [-0.4, -0.2) is 51.8 Å². The lowest BCUT2D eigenvalue weighted by atomic mass is 10.0. The molecule has 1 atom stereocenters. The highest BCUT2D eigenvalue weighted by Crippen LogP contribution is 2.23. The molecule has 0 amide bonds. The lowest BCUT2D eigenvalue weighted by Gasteiger charge is -2.21. The van der Waals surface area contributed by atoms with Crippen LogP contribution in [0.4, 0.5) is 0 Å². The maximum absolute atomic E-state index is 6.17. The summed E-state index contributed by atoms with van der Waals surface area (Å²) in [6.45, 7) is 5.86. The third-order valence-electron chi connectivity index (χ3n) is 5.58. The second-order valence-electron chi connectivity index (χ2n) is 7.82. The number of nitrogens with zero attached hydrogens (tertiary/aromatic N) is 4. The number of aromatic nitrogens is 3. The molecule has 1 aliphatic heterocycles. The van der Waals surface area contributed by atoms with Crippen molar-refractivity contribution in [1.29, 1.82) is 0 Å². The molecule has 7 heteroatoms. The summed E-state index contributed by atoms with van der Waals surface area (Å²) >= 11 is 6.17. The molecule has 0 spiro atoms. The number of aromatic amines is 1. The van der Waals surface area contributed by atoms with Gasteiger partial charge in [-0.05, 0) is 61.4 Å². The third-order valence-corrected chi connectivity index (χ3v) is 5.81. The van der Waals surface area contributed by atoms with Crippen LogP contribution < -0.4 is 5.32 Å². The fourth-order valence-electron chi connectivity index (χ4n) is 4.17. The van der Waals surface area contributed by atoms with E-state index in [1.54, 1.807) is 0 Å². The van der Waals surface area contributed by atoms with Crippen molar-refractivity contribution in [2.24, 2.45) is 18.0 Å². The molecule has 2 aromatic heterocycles. The summed E-state index contributed by atoms with van der Waals surface area (Å²) in [6.07, 6.45) is 9.34. The number of likely N-dealkylation sites (tertiary alicyclic amines) is 1. The van der Waals surface area contributed by atoms with Crippen molar-refractivity contribution < 1.29 is 0 Å². The van der Waals surface area contributed by atoms with E-state index in [1.807, 2.05) is 36.1 Å². The first-order valence-corrected chi connectivity index (χ1v) is 10.8. The molecule has 1 aromatic carbocycles. The van der Waals surface area contributed by atoms with Crippen molar-refractivity contribution in [1.82, 2.24) is 25.0 Å². The van der Waals surface area contributed by atoms with Crippen molar-refractivity contribution in [3.8, 4) is 0 Å². The second kappa shape index (κ2) is 8.91. The van der Waals surface area contributed by atoms with Crippen LogP contribution in [-0.2, 0) is 19.9 Å². The predicted molar refractivity (Wildman–Crippen MR) is 120 cm³/mol. The summed E-state index contributed by atoms with van der Waals surface area (Å²) in [5.74, 6) is 1.68. The molecule has 0 radical (unpaired) electrons. The summed E-state index contributed by atoms with van der Waals surface area (Å²) < 4.78 is 1.88. The summed E-state index contributed by atoms with van der Waals surface area (Å²) in [4.78, 5) is 10.6. The highest BCUT2D eigenvalue weighted by molar-refractivity contribution is 6.31. The van der Waals surface area contributed by atoms with Gasteiger partial charge in [0.2, 0.25) is 0 Å². The predicted octanol–water partition coefficient (Wildman–Crippen LogP) is 3.63. The molecule has 0 saturated carbocycles. The van der Waals surface area contributed by atoms with Gasteiger partial charge in [-0.15, -0.1) is 0 Å². The molecule has 0 aliphatic carbocycles. The monoisotopic (exact) mass is 412 g/mol. The third kappa shape index (κ3) is 4.75. The van der Waals surface area contributed by atoms with E-state index in [2.05, 4.69) is 39.6 Å². The molecule has 1 fully saturated rings. The maximum Gasteiger partial charge on any atom is 0.193 e. The summed E-state index contributed by atoms with van der Waals surface area (Å²) in [7, 11) is 1.97. The topological polar surface area (TPSA) is 61.2 Å². The fourth-order valence-corrected chi connectivity index (χ4v) is 4.34. The first-order valence-electron chi connectivity index (χ1n) is 10.4. The van der Waals surface area contributed by atoms with E-state index in [0.29, 0.717) is 5.92 Å². The highest BCUT2D eigenvalue weighted by atomic mass is 35.5. The molecule has 4 rings (SSSR count). The Bertz CT molecular complexity index is 988. The molecule has 29 heavy (non-hydrogen) atoms. The van der Waals surface area contributed by atoms with Crippen LogP contribution >= 0.6 is 11.6 Å². The second-order valence-corrected chi connectivity index (χ2v) is 8.25. The Morgan fingerprint density at radius 1 is 1.41 bits per heavy atom. The van der Waals surface area contributed by atoms with E-state index in [9.17, 15) is 0 Å². The lowest BCUT2D eigenvalue weighted by molar-refractivity contribution is 0.460. The molecular weight excluding hydrogens is 384 g/mol. The van der Waals surface area contributed by atoms with E-state index in [-0.39, 0.29) is 0 Å². The number of hydrogen-bond acceptors (Lipinski definition) is 2. The number of fused-ring (bicyclic) bond motifs is 1. The number of H-pyrrole nitrogens is 1. The molecule has 2 N–H and O–H groups in total. The van der Waals surface area contributed by atoms with Gasteiger partial charge in [0.05, 0.1) is 6.20 Å². The summed E-state index contributed by atoms with van der Waals surface area (Å²) in [5.41, 5.74) is 3.70. The molecule has 154 valence electrons. The largest absolute Gasteiger partial charge is 0.361 e. The average Bonchev–Trinajstić information content (AvgIpc) is 3.42. The minimum Gasteiger partial charge on any atom is -0.361 e. The van der Waals surface area contributed by atoms with E-state index in [0.717, 1.165) is 55.5 Å². The number of aryl methyl sites for hydroxylation is 1. The molecule has 0 bridgehead atoms. The van der Waals surface area contributed by atoms with Gasteiger partial charge in [0.15, 0.2) is 5.96 Å². The van der Waals surface area contributed by atoms with Crippen molar-refractivity contribution >= 4 is 28.5 Å². The Balaban J connectivity index is 1.38. The average molecular weight is 413 g/mol. The molecule has 3 aromatic rings. The van der Waals surface area contributed by atoms with Gasteiger partial charge < -0.3 is 15.2 Å². The molecule has 3 heterocycles. The van der Waals surface area contributed by atoms with E-state index in [1.165, 1.54) is 22.9 Å². The Hall–Kier alpha value is -2.47. The standard InChI is InChI=1S/C22H29ClN6/c1-3-24-22(29-9-7-16(15-29)10-17-12-27-28(2)14-17)25-8-6-18-13-26-21-5-4-19(23)11-20(18)21/h4-5,11-14,16,26H,3,6-10,15H2,1-2H3,(H,24,25). The SMILES string of the molecule is CCNC(=NCCc1c[nH]c2ccc(Cl)cc12)N1CCC(Cc2cnn(C)c2)C1. The van der Waals surface area contributed by atoms with Crippen LogP contribution in [0.3, 0.4) is 0 Å². The zero-order valence-electron chi connectivity index (χ0n) is 17.2. The summed E-state index contributed by atoms with van der Waals surface area (Å²) in [5, 5.41) is 9.72. The van der Waals surface area contributed by atoms with Crippen molar-refractivity contribution in [2.45, 2.75) is 26.2 Å². The fraction of sp³-hybridized carbons (Fsp3) is 0.455. The Morgan fingerprint density at radius 3 is 3.10 bits per heavy atom. The summed E-state index contributed by atoms with van der Waals surface area (Å²) in [6, 6.07) is 5.98. The molecule has 6 nitrogen and oxygen atoms in total. The number of nitrogens with one attached hydrogen (secondary N) is 2. The number of rotatable bonds is 6. The number of aliphatic imine (C=N–C) groups is 1. The minimum atomic E-state index is 0.652. The normalized spacial score (nSPS) is 17.4. The molecule has 1 unspecified atom stereocenters. The molecule has 1 aliphatic rings. The van der Waals surface area contributed by atoms with Crippen LogP contribution in [0.25, 0.3) is 10.9 Å². The maximum atomic E-state index is 6.17. The smallest absolute Gasteiger partial charge is 0.193 e. The number of guanidine groups is 1. The highest BCUT2D eigenvalue weighted by Gasteiger charge is 2.25. The van der Waals surface area contributed by atoms with Gasteiger partial charge in [0.1, 0.15) is 0 Å². The van der Waals surface area contributed by atoms with Crippen LogP contribution in [0.1, 0.15) is 24.5 Å². The van der Waals surface area contributed by atoms with E-state index >= 15 is 0 Å². The van der Waals surface area contributed by atoms with Gasteiger partial charge >= 0.3 is 0 Å². The Labute approximate surface area is 177 Å². The number of halogens is 1. The first-order chi connectivity index (χ1) is 14.1.